The van der Waals surface area contributed by atoms with Crippen molar-refractivity contribution in [2.45, 2.75) is 6.10 Å². The van der Waals surface area contributed by atoms with Crippen molar-refractivity contribution in [3.8, 4) is 0 Å². The van der Waals surface area contributed by atoms with Crippen molar-refractivity contribution in [3.05, 3.63) is 28.7 Å². The number of morpholine rings is 1. The number of anilines is 1. The van der Waals surface area contributed by atoms with Crippen LogP contribution in [0.4, 0.5) is 5.69 Å². The van der Waals surface area contributed by atoms with E-state index in [4.69, 9.17) is 4.74 Å². The van der Waals surface area contributed by atoms with Crippen LogP contribution in [0.25, 0.3) is 0 Å². The zero-order chi connectivity index (χ0) is 11.4. The van der Waals surface area contributed by atoms with Gasteiger partial charge in [0.2, 0.25) is 0 Å². The van der Waals surface area contributed by atoms with Gasteiger partial charge in [0.25, 0.3) is 0 Å². The van der Waals surface area contributed by atoms with Crippen LogP contribution in [0.1, 0.15) is 0 Å². The van der Waals surface area contributed by atoms with E-state index in [1.54, 1.807) is 0 Å². The molecule has 0 aromatic heterocycles. The average molecular weight is 285 g/mol. The van der Waals surface area contributed by atoms with E-state index in [1.807, 2.05) is 7.05 Å². The molecule has 1 atom stereocenters. The standard InChI is InChI=1S/C12H17BrN2O/c1-14-8-12-9-15(5-6-16-12)11-4-2-3-10(13)7-11/h2-4,7,12,14H,5-6,8-9H2,1H3. The molecule has 1 fully saturated rings. The Morgan fingerprint density at radius 2 is 2.44 bits per heavy atom. The summed E-state index contributed by atoms with van der Waals surface area (Å²) in [5, 5.41) is 3.16. The van der Waals surface area contributed by atoms with Crippen LogP contribution < -0.4 is 10.2 Å². The highest BCUT2D eigenvalue weighted by Gasteiger charge is 2.19. The summed E-state index contributed by atoms with van der Waals surface area (Å²) in [4.78, 5) is 2.37. The van der Waals surface area contributed by atoms with Gasteiger partial charge in [-0.1, -0.05) is 22.0 Å². The number of nitrogens with one attached hydrogen (secondary N) is 1. The second-order valence-corrected chi connectivity index (χ2v) is 4.89. The van der Waals surface area contributed by atoms with E-state index < -0.39 is 0 Å². The number of hydrogen-bond donors (Lipinski definition) is 1. The van der Waals surface area contributed by atoms with Gasteiger partial charge in [-0.15, -0.1) is 0 Å². The molecular formula is C12H17BrN2O. The van der Waals surface area contributed by atoms with Crippen molar-refractivity contribution >= 4 is 21.6 Å². The summed E-state index contributed by atoms with van der Waals surface area (Å²) in [5.41, 5.74) is 1.26. The van der Waals surface area contributed by atoms with Crippen molar-refractivity contribution in [1.82, 2.24) is 5.32 Å². The van der Waals surface area contributed by atoms with Gasteiger partial charge in [0.15, 0.2) is 0 Å². The number of nitrogens with zero attached hydrogens (tertiary/aromatic N) is 1. The third-order valence-electron chi connectivity index (χ3n) is 2.74. The molecule has 1 unspecified atom stereocenters. The molecule has 1 N–H and O–H groups in total. The van der Waals surface area contributed by atoms with E-state index in [0.717, 1.165) is 30.7 Å². The van der Waals surface area contributed by atoms with Crippen LogP contribution in [-0.2, 0) is 4.74 Å². The lowest BCUT2D eigenvalue weighted by atomic mass is 10.2. The first kappa shape index (κ1) is 11.9. The molecule has 88 valence electrons. The first-order chi connectivity index (χ1) is 7.79. The Labute approximate surface area is 105 Å². The lowest BCUT2D eigenvalue weighted by Crippen LogP contribution is -2.46. The number of halogens is 1. The molecule has 0 saturated carbocycles. The average Bonchev–Trinajstić information content (AvgIpc) is 2.30. The number of hydrogen-bond acceptors (Lipinski definition) is 3. The second kappa shape index (κ2) is 5.66. The fraction of sp³-hybridized carbons (Fsp3) is 0.500. The van der Waals surface area contributed by atoms with Gasteiger partial charge in [-0.25, -0.2) is 0 Å². The number of likely N-dealkylation sites (N-methyl/N-ethyl adjacent to an activating group) is 1. The van der Waals surface area contributed by atoms with Crippen LogP contribution in [0, 0.1) is 0 Å². The van der Waals surface area contributed by atoms with E-state index >= 15 is 0 Å². The first-order valence-electron chi connectivity index (χ1n) is 5.56. The SMILES string of the molecule is CNCC1CN(c2cccc(Br)c2)CCO1. The van der Waals surface area contributed by atoms with Crippen molar-refractivity contribution < 1.29 is 4.74 Å². The molecule has 0 radical (unpaired) electrons. The van der Waals surface area contributed by atoms with Crippen molar-refractivity contribution in [3.63, 3.8) is 0 Å². The molecule has 0 spiro atoms. The minimum absolute atomic E-state index is 0.290. The third kappa shape index (κ3) is 2.97. The molecule has 3 nitrogen and oxygen atoms in total. The van der Waals surface area contributed by atoms with Crippen molar-refractivity contribution in [2.75, 3.05) is 38.2 Å². The normalized spacial score (nSPS) is 21.1. The maximum absolute atomic E-state index is 5.68. The van der Waals surface area contributed by atoms with Gasteiger partial charge >= 0.3 is 0 Å². The largest absolute Gasteiger partial charge is 0.373 e. The fourth-order valence-electron chi connectivity index (χ4n) is 1.98. The van der Waals surface area contributed by atoms with Crippen LogP contribution in [-0.4, -0.2) is 39.4 Å². The maximum atomic E-state index is 5.68. The highest BCUT2D eigenvalue weighted by Crippen LogP contribution is 2.21. The molecule has 4 heteroatoms. The van der Waals surface area contributed by atoms with Gasteiger partial charge in [0.1, 0.15) is 0 Å². The molecule has 1 saturated heterocycles. The Hall–Kier alpha value is -0.580. The maximum Gasteiger partial charge on any atom is 0.0874 e. The molecule has 16 heavy (non-hydrogen) atoms. The zero-order valence-electron chi connectivity index (χ0n) is 9.45. The summed E-state index contributed by atoms with van der Waals surface area (Å²) in [6.45, 7) is 3.64. The van der Waals surface area contributed by atoms with Crippen molar-refractivity contribution in [1.29, 1.82) is 0 Å². The highest BCUT2D eigenvalue weighted by molar-refractivity contribution is 9.10. The molecule has 0 amide bonds. The quantitative estimate of drug-likeness (QED) is 0.917. The molecule has 0 aliphatic carbocycles. The Morgan fingerprint density at radius 1 is 1.56 bits per heavy atom. The summed E-state index contributed by atoms with van der Waals surface area (Å²) in [6.07, 6.45) is 0.290. The van der Waals surface area contributed by atoms with Gasteiger partial charge in [-0.3, -0.25) is 0 Å². The minimum Gasteiger partial charge on any atom is -0.373 e. The molecule has 2 rings (SSSR count). The summed E-state index contributed by atoms with van der Waals surface area (Å²) in [5.74, 6) is 0. The monoisotopic (exact) mass is 284 g/mol. The molecule has 1 aliphatic rings. The van der Waals surface area contributed by atoms with Gasteiger partial charge in [0.05, 0.1) is 12.7 Å². The lowest BCUT2D eigenvalue weighted by Gasteiger charge is -2.34. The minimum atomic E-state index is 0.290. The van der Waals surface area contributed by atoms with E-state index in [0.29, 0.717) is 0 Å². The number of rotatable bonds is 3. The Morgan fingerprint density at radius 3 is 3.19 bits per heavy atom. The van der Waals surface area contributed by atoms with Crippen LogP contribution in [0.5, 0.6) is 0 Å². The molecule has 1 heterocycles. The zero-order valence-corrected chi connectivity index (χ0v) is 11.0. The van der Waals surface area contributed by atoms with Crippen molar-refractivity contribution in [2.24, 2.45) is 0 Å². The second-order valence-electron chi connectivity index (χ2n) is 3.98. The molecule has 1 aromatic rings. The number of ether oxygens (including phenoxy) is 1. The molecule has 1 aromatic carbocycles. The predicted molar refractivity (Wildman–Crippen MR) is 70.0 cm³/mol. The fourth-order valence-corrected chi connectivity index (χ4v) is 2.36. The third-order valence-corrected chi connectivity index (χ3v) is 3.24. The van der Waals surface area contributed by atoms with Crippen LogP contribution in [0.2, 0.25) is 0 Å². The Kier molecular flexibility index (Phi) is 4.21. The lowest BCUT2D eigenvalue weighted by molar-refractivity contribution is 0.0422. The predicted octanol–water partition coefficient (Wildman–Crippen LogP) is 1.87. The van der Waals surface area contributed by atoms with E-state index in [9.17, 15) is 0 Å². The van der Waals surface area contributed by atoms with Gasteiger partial charge in [-0.2, -0.15) is 0 Å². The molecule has 0 bridgehead atoms. The van der Waals surface area contributed by atoms with E-state index in [-0.39, 0.29) is 6.10 Å². The Balaban J connectivity index is 2.03. The van der Waals surface area contributed by atoms with Gasteiger partial charge in [0, 0.05) is 29.8 Å². The summed E-state index contributed by atoms with van der Waals surface area (Å²) in [6, 6.07) is 8.42. The Bertz CT molecular complexity index is 344. The van der Waals surface area contributed by atoms with Crippen LogP contribution in [0.3, 0.4) is 0 Å². The smallest absolute Gasteiger partial charge is 0.0874 e. The van der Waals surface area contributed by atoms with Crippen LogP contribution >= 0.6 is 15.9 Å². The van der Waals surface area contributed by atoms with Gasteiger partial charge < -0.3 is 15.0 Å². The van der Waals surface area contributed by atoms with Crippen LogP contribution in [0.15, 0.2) is 28.7 Å². The first-order valence-corrected chi connectivity index (χ1v) is 6.35. The summed E-state index contributed by atoms with van der Waals surface area (Å²) < 4.78 is 6.81. The van der Waals surface area contributed by atoms with E-state index in [2.05, 4.69) is 50.4 Å². The summed E-state index contributed by atoms with van der Waals surface area (Å²) in [7, 11) is 1.96. The molecular weight excluding hydrogens is 268 g/mol. The summed E-state index contributed by atoms with van der Waals surface area (Å²) >= 11 is 3.50. The van der Waals surface area contributed by atoms with E-state index in [1.165, 1.54) is 5.69 Å². The topological polar surface area (TPSA) is 24.5 Å². The van der Waals surface area contributed by atoms with Gasteiger partial charge in [-0.05, 0) is 25.2 Å². The number of benzene rings is 1. The molecule has 1 aliphatic heterocycles. The highest BCUT2D eigenvalue weighted by atomic mass is 79.9.